The molecule has 164 valence electrons. The number of nitriles is 1. The van der Waals surface area contributed by atoms with E-state index >= 15 is 0 Å². The number of carbonyl (C=O) groups excluding carboxylic acids is 2. The monoisotopic (exact) mass is 434 g/mol. The zero-order chi connectivity index (χ0) is 23.4. The van der Waals surface area contributed by atoms with Gasteiger partial charge in [0.15, 0.2) is 0 Å². The van der Waals surface area contributed by atoms with Crippen LogP contribution >= 0.6 is 0 Å². The number of para-hydroxylation sites is 1. The molecule has 8 nitrogen and oxygen atoms in total. The molecule has 0 spiro atoms. The molecule has 1 atom stereocenters. The van der Waals surface area contributed by atoms with Crippen LogP contribution in [0.15, 0.2) is 65.3 Å². The minimum atomic E-state index is -0.989. The molecule has 1 aliphatic heterocycles. The maximum Gasteiger partial charge on any atom is 0.338 e. The Morgan fingerprint density at radius 1 is 1.22 bits per heavy atom. The molecule has 1 heterocycles. The number of ether oxygens (including phenoxy) is 3. The average molecular weight is 434 g/mol. The molecule has 0 radical (unpaired) electrons. The average Bonchev–Trinajstić information content (AvgIpc) is 2.78. The quantitative estimate of drug-likeness (QED) is 0.684. The van der Waals surface area contributed by atoms with Gasteiger partial charge in [-0.15, -0.1) is 0 Å². The van der Waals surface area contributed by atoms with Gasteiger partial charge in [-0.25, -0.2) is 9.59 Å². The van der Waals surface area contributed by atoms with Crippen molar-refractivity contribution in [1.29, 1.82) is 5.26 Å². The molecule has 2 aromatic carbocycles. The van der Waals surface area contributed by atoms with Gasteiger partial charge in [-0.2, -0.15) is 5.26 Å². The molecule has 32 heavy (non-hydrogen) atoms. The minimum Gasteiger partial charge on any atom is -0.507 e. The Bertz CT molecular complexity index is 1190. The van der Waals surface area contributed by atoms with Crippen molar-refractivity contribution in [3.8, 4) is 22.9 Å². The van der Waals surface area contributed by atoms with Crippen LogP contribution in [0.4, 0.5) is 0 Å². The van der Waals surface area contributed by atoms with E-state index in [1.165, 1.54) is 7.11 Å². The van der Waals surface area contributed by atoms with E-state index in [9.17, 15) is 20.0 Å². The number of aromatic hydroxyl groups is 1. The molecule has 0 amide bonds. The Kier molecular flexibility index (Phi) is 6.50. The first-order valence-electron chi connectivity index (χ1n) is 9.80. The Balaban J connectivity index is 2.20. The highest BCUT2D eigenvalue weighted by Gasteiger charge is 2.38. The van der Waals surface area contributed by atoms with Crippen molar-refractivity contribution in [2.24, 2.45) is 5.73 Å². The second kappa shape index (κ2) is 9.27. The molecule has 0 aromatic heterocycles. The molecule has 0 saturated heterocycles. The summed E-state index contributed by atoms with van der Waals surface area (Å²) in [6.07, 6.45) is 0. The van der Waals surface area contributed by atoms with E-state index in [0.29, 0.717) is 16.7 Å². The highest BCUT2D eigenvalue weighted by Crippen LogP contribution is 2.45. The summed E-state index contributed by atoms with van der Waals surface area (Å²) in [4.78, 5) is 24.6. The summed E-state index contributed by atoms with van der Waals surface area (Å²) in [5, 5.41) is 20.9. The van der Waals surface area contributed by atoms with Gasteiger partial charge in [-0.3, -0.25) is 0 Å². The van der Waals surface area contributed by atoms with E-state index in [4.69, 9.17) is 19.9 Å². The first kappa shape index (κ1) is 22.4. The van der Waals surface area contributed by atoms with Gasteiger partial charge in [0.05, 0.1) is 30.8 Å². The number of methoxy groups -OCH3 is 1. The molecule has 0 aliphatic carbocycles. The summed E-state index contributed by atoms with van der Waals surface area (Å²) in [5.74, 6) is -2.32. The predicted octanol–water partition coefficient (Wildman–Crippen LogP) is 3.49. The van der Waals surface area contributed by atoms with Crippen LogP contribution in [-0.2, 0) is 19.0 Å². The van der Waals surface area contributed by atoms with Crippen molar-refractivity contribution in [2.45, 2.75) is 19.8 Å². The van der Waals surface area contributed by atoms with Crippen molar-refractivity contribution in [3.05, 3.63) is 76.4 Å². The van der Waals surface area contributed by atoms with Crippen molar-refractivity contribution >= 4 is 11.9 Å². The highest BCUT2D eigenvalue weighted by molar-refractivity contribution is 5.94. The van der Waals surface area contributed by atoms with Crippen LogP contribution in [0, 0.1) is 11.3 Å². The maximum atomic E-state index is 12.7. The Morgan fingerprint density at radius 3 is 2.59 bits per heavy atom. The number of phenols is 1. The molecule has 8 heteroatoms. The van der Waals surface area contributed by atoms with Crippen LogP contribution in [0.3, 0.4) is 0 Å². The molecule has 3 rings (SSSR count). The standard InChI is InChI=1S/C24H22N2O6/c1-4-31-24(29)19-13(2)32-22(26)18(12-25)20(19)17-10-6-9-16(21(17)27)14-7-5-8-15(11-14)23(28)30-3/h5-11,20,27H,4,26H2,1-3H3. The molecule has 1 aliphatic rings. The molecule has 0 saturated carbocycles. The highest BCUT2D eigenvalue weighted by atomic mass is 16.5. The predicted molar refractivity (Wildman–Crippen MR) is 115 cm³/mol. The summed E-state index contributed by atoms with van der Waals surface area (Å²) in [7, 11) is 1.28. The summed E-state index contributed by atoms with van der Waals surface area (Å²) in [6.45, 7) is 3.32. The van der Waals surface area contributed by atoms with Gasteiger partial charge in [0.1, 0.15) is 23.2 Å². The third kappa shape index (κ3) is 4.01. The van der Waals surface area contributed by atoms with E-state index in [-0.39, 0.29) is 40.7 Å². The molecule has 1 unspecified atom stereocenters. The number of allylic oxidation sites excluding steroid dienone is 2. The van der Waals surface area contributed by atoms with Gasteiger partial charge in [0, 0.05) is 11.1 Å². The van der Waals surface area contributed by atoms with Gasteiger partial charge in [0.2, 0.25) is 5.88 Å². The third-order valence-corrected chi connectivity index (χ3v) is 5.07. The maximum absolute atomic E-state index is 12.7. The Labute approximate surface area is 185 Å². The molecule has 3 N–H and O–H groups in total. The van der Waals surface area contributed by atoms with Crippen molar-refractivity contribution in [1.82, 2.24) is 0 Å². The first-order chi connectivity index (χ1) is 15.3. The zero-order valence-corrected chi connectivity index (χ0v) is 17.8. The Hall–Kier alpha value is -4.25. The molecular formula is C24H22N2O6. The number of phenolic OH excluding ortho intramolecular Hbond substituents is 1. The van der Waals surface area contributed by atoms with Gasteiger partial charge in [-0.05, 0) is 31.5 Å². The van der Waals surface area contributed by atoms with Crippen LogP contribution in [0.1, 0.15) is 35.7 Å². The smallest absolute Gasteiger partial charge is 0.338 e. The number of carbonyl (C=O) groups is 2. The van der Waals surface area contributed by atoms with E-state index < -0.39 is 17.9 Å². The number of esters is 2. The number of nitrogens with two attached hydrogens (primary N) is 1. The third-order valence-electron chi connectivity index (χ3n) is 5.07. The summed E-state index contributed by atoms with van der Waals surface area (Å²) < 4.78 is 15.3. The van der Waals surface area contributed by atoms with Crippen LogP contribution in [0.25, 0.3) is 11.1 Å². The fraction of sp³-hybridized carbons (Fsp3) is 0.208. The van der Waals surface area contributed by atoms with Gasteiger partial charge in [0.25, 0.3) is 0 Å². The van der Waals surface area contributed by atoms with E-state index in [1.54, 1.807) is 56.3 Å². The molecular weight excluding hydrogens is 412 g/mol. The lowest BCUT2D eigenvalue weighted by molar-refractivity contribution is -0.139. The van der Waals surface area contributed by atoms with Gasteiger partial charge in [-0.1, -0.05) is 30.3 Å². The lowest BCUT2D eigenvalue weighted by Gasteiger charge is -2.27. The summed E-state index contributed by atoms with van der Waals surface area (Å²) in [5.41, 5.74) is 7.52. The Morgan fingerprint density at radius 2 is 1.94 bits per heavy atom. The summed E-state index contributed by atoms with van der Waals surface area (Å²) >= 11 is 0. The molecule has 0 bridgehead atoms. The van der Waals surface area contributed by atoms with Crippen LogP contribution in [0.5, 0.6) is 5.75 Å². The lowest BCUT2D eigenvalue weighted by atomic mass is 9.81. The SMILES string of the molecule is CCOC(=O)C1=C(C)OC(N)=C(C#N)C1c1cccc(-c2cccc(C(=O)OC)c2)c1O. The molecule has 0 fully saturated rings. The second-order valence-corrected chi connectivity index (χ2v) is 6.93. The van der Waals surface area contributed by atoms with E-state index in [2.05, 4.69) is 0 Å². The number of rotatable bonds is 5. The van der Waals surface area contributed by atoms with Gasteiger partial charge >= 0.3 is 11.9 Å². The topological polar surface area (TPSA) is 132 Å². The number of hydrogen-bond donors (Lipinski definition) is 2. The largest absolute Gasteiger partial charge is 0.507 e. The van der Waals surface area contributed by atoms with E-state index in [0.717, 1.165) is 0 Å². The summed E-state index contributed by atoms with van der Waals surface area (Å²) in [6, 6.07) is 13.5. The van der Waals surface area contributed by atoms with Crippen LogP contribution in [-0.4, -0.2) is 30.8 Å². The second-order valence-electron chi connectivity index (χ2n) is 6.93. The first-order valence-corrected chi connectivity index (χ1v) is 9.80. The van der Waals surface area contributed by atoms with Crippen molar-refractivity contribution in [3.63, 3.8) is 0 Å². The van der Waals surface area contributed by atoms with Gasteiger partial charge < -0.3 is 25.1 Å². The van der Waals surface area contributed by atoms with Crippen LogP contribution in [0.2, 0.25) is 0 Å². The fourth-order valence-electron chi connectivity index (χ4n) is 3.62. The normalized spacial score (nSPS) is 15.6. The molecule has 2 aromatic rings. The fourth-order valence-corrected chi connectivity index (χ4v) is 3.62. The van der Waals surface area contributed by atoms with Crippen LogP contribution < -0.4 is 5.73 Å². The number of benzene rings is 2. The number of hydrogen-bond acceptors (Lipinski definition) is 8. The zero-order valence-electron chi connectivity index (χ0n) is 17.8. The van der Waals surface area contributed by atoms with Crippen molar-refractivity contribution < 1.29 is 28.9 Å². The number of nitrogens with zero attached hydrogens (tertiary/aromatic N) is 1. The van der Waals surface area contributed by atoms with E-state index in [1.807, 2.05) is 6.07 Å². The van der Waals surface area contributed by atoms with Crippen molar-refractivity contribution in [2.75, 3.05) is 13.7 Å². The lowest BCUT2D eigenvalue weighted by Crippen LogP contribution is -2.25. The minimum absolute atomic E-state index is 0.0191.